The van der Waals surface area contributed by atoms with E-state index in [-0.39, 0.29) is 17.4 Å². The number of aryl methyl sites for hydroxylation is 1. The quantitative estimate of drug-likeness (QED) is 0.747. The number of carbonyl (C=O) groups is 1. The van der Waals surface area contributed by atoms with Gasteiger partial charge in [0, 0.05) is 18.3 Å². The third-order valence-corrected chi connectivity index (χ3v) is 3.55. The second-order valence-corrected chi connectivity index (χ2v) is 5.59. The number of halogens is 1. The molecule has 0 aliphatic heterocycles. The van der Waals surface area contributed by atoms with Crippen LogP contribution in [0.3, 0.4) is 0 Å². The van der Waals surface area contributed by atoms with E-state index < -0.39 is 0 Å². The Morgan fingerprint density at radius 2 is 1.88 bits per heavy atom. The molecule has 0 fully saturated rings. The molecule has 0 aliphatic carbocycles. The van der Waals surface area contributed by atoms with Crippen LogP contribution in [-0.2, 0) is 6.54 Å². The maximum absolute atomic E-state index is 12.9. The minimum Gasteiger partial charge on any atom is -0.347 e. The molecule has 0 spiro atoms. The van der Waals surface area contributed by atoms with Gasteiger partial charge in [0.2, 0.25) is 0 Å². The molecule has 0 aliphatic rings. The number of anilines is 2. The average Bonchev–Trinajstić information content (AvgIpc) is 2.62. The highest BCUT2D eigenvalue weighted by atomic mass is 19.1. The molecule has 0 atom stereocenters. The van der Waals surface area contributed by atoms with Crippen molar-refractivity contribution in [3.8, 4) is 0 Å². The number of hydrogen-bond acceptors (Lipinski definition) is 4. The Morgan fingerprint density at radius 1 is 1.08 bits per heavy atom. The van der Waals surface area contributed by atoms with Crippen molar-refractivity contribution < 1.29 is 9.18 Å². The first kappa shape index (κ1) is 16.6. The summed E-state index contributed by atoms with van der Waals surface area (Å²) in [6, 6.07) is 15.3. The van der Waals surface area contributed by atoms with Crippen LogP contribution in [0.25, 0.3) is 0 Å². The van der Waals surface area contributed by atoms with E-state index in [0.29, 0.717) is 18.1 Å². The SMILES string of the molecule is Cc1cccc(CNC(=O)c2cc(Nc3ccc(F)cc3)ncn2)c1. The largest absolute Gasteiger partial charge is 0.347 e. The molecule has 3 rings (SSSR count). The summed E-state index contributed by atoms with van der Waals surface area (Å²) in [4.78, 5) is 20.3. The first-order valence-electron chi connectivity index (χ1n) is 7.78. The first-order valence-corrected chi connectivity index (χ1v) is 7.78. The second-order valence-electron chi connectivity index (χ2n) is 5.59. The number of nitrogens with one attached hydrogen (secondary N) is 2. The maximum Gasteiger partial charge on any atom is 0.270 e. The van der Waals surface area contributed by atoms with E-state index in [1.165, 1.54) is 18.5 Å². The van der Waals surface area contributed by atoms with Crippen LogP contribution in [0.15, 0.2) is 60.9 Å². The number of carbonyl (C=O) groups excluding carboxylic acids is 1. The van der Waals surface area contributed by atoms with Crippen LogP contribution in [0.4, 0.5) is 15.9 Å². The highest BCUT2D eigenvalue weighted by Crippen LogP contribution is 2.15. The molecule has 2 N–H and O–H groups in total. The lowest BCUT2D eigenvalue weighted by Crippen LogP contribution is -2.24. The fourth-order valence-corrected chi connectivity index (χ4v) is 2.33. The van der Waals surface area contributed by atoms with Gasteiger partial charge in [-0.25, -0.2) is 14.4 Å². The Kier molecular flexibility index (Phi) is 4.99. The summed E-state index contributed by atoms with van der Waals surface area (Å²) in [5, 5.41) is 5.84. The van der Waals surface area contributed by atoms with Gasteiger partial charge < -0.3 is 10.6 Å². The van der Waals surface area contributed by atoms with Crippen molar-refractivity contribution in [2.24, 2.45) is 0 Å². The van der Waals surface area contributed by atoms with Crippen LogP contribution in [-0.4, -0.2) is 15.9 Å². The number of benzene rings is 2. The molecular formula is C19H17FN4O. The molecule has 1 amide bonds. The molecule has 0 saturated heterocycles. The van der Waals surface area contributed by atoms with Crippen LogP contribution >= 0.6 is 0 Å². The van der Waals surface area contributed by atoms with E-state index in [1.54, 1.807) is 18.2 Å². The molecule has 1 heterocycles. The van der Waals surface area contributed by atoms with Gasteiger partial charge in [-0.15, -0.1) is 0 Å². The maximum atomic E-state index is 12.9. The van der Waals surface area contributed by atoms with E-state index in [9.17, 15) is 9.18 Å². The van der Waals surface area contributed by atoms with Gasteiger partial charge in [-0.3, -0.25) is 4.79 Å². The van der Waals surface area contributed by atoms with E-state index in [2.05, 4.69) is 20.6 Å². The fourth-order valence-electron chi connectivity index (χ4n) is 2.33. The zero-order valence-electron chi connectivity index (χ0n) is 13.7. The third-order valence-electron chi connectivity index (χ3n) is 3.55. The monoisotopic (exact) mass is 336 g/mol. The topological polar surface area (TPSA) is 66.9 Å². The van der Waals surface area contributed by atoms with Crippen LogP contribution in [0.1, 0.15) is 21.6 Å². The van der Waals surface area contributed by atoms with Gasteiger partial charge in [0.1, 0.15) is 23.7 Å². The molecule has 6 heteroatoms. The van der Waals surface area contributed by atoms with Gasteiger partial charge in [-0.05, 0) is 36.8 Å². The predicted octanol–water partition coefficient (Wildman–Crippen LogP) is 3.60. The number of rotatable bonds is 5. The molecule has 0 unspecified atom stereocenters. The lowest BCUT2D eigenvalue weighted by molar-refractivity contribution is 0.0946. The second kappa shape index (κ2) is 7.53. The van der Waals surface area contributed by atoms with Crippen molar-refractivity contribution in [2.75, 3.05) is 5.32 Å². The molecular weight excluding hydrogens is 319 g/mol. The van der Waals surface area contributed by atoms with Gasteiger partial charge in [-0.1, -0.05) is 29.8 Å². The van der Waals surface area contributed by atoms with E-state index in [1.807, 2.05) is 31.2 Å². The van der Waals surface area contributed by atoms with Crippen LogP contribution in [0.2, 0.25) is 0 Å². The minimum absolute atomic E-state index is 0.257. The summed E-state index contributed by atoms with van der Waals surface area (Å²) in [6.45, 7) is 2.42. The summed E-state index contributed by atoms with van der Waals surface area (Å²) in [6.07, 6.45) is 1.31. The predicted molar refractivity (Wildman–Crippen MR) is 94.1 cm³/mol. The van der Waals surface area contributed by atoms with E-state index >= 15 is 0 Å². The fraction of sp³-hybridized carbons (Fsp3) is 0.105. The summed E-state index contributed by atoms with van der Waals surface area (Å²) in [5.74, 6) is -0.141. The molecule has 25 heavy (non-hydrogen) atoms. The number of amides is 1. The van der Waals surface area contributed by atoms with Crippen LogP contribution in [0.5, 0.6) is 0 Å². The molecule has 1 aromatic heterocycles. The first-order chi connectivity index (χ1) is 12.1. The summed E-state index contributed by atoms with van der Waals surface area (Å²) >= 11 is 0. The average molecular weight is 336 g/mol. The molecule has 3 aromatic rings. The standard InChI is InChI=1S/C19H17FN4O/c1-13-3-2-4-14(9-13)11-21-19(25)17-10-18(23-12-22-17)24-16-7-5-15(20)6-8-16/h2-10,12H,11H2,1H3,(H,21,25)(H,22,23,24). The minimum atomic E-state index is -0.315. The van der Waals surface area contributed by atoms with Gasteiger partial charge >= 0.3 is 0 Å². The summed E-state index contributed by atoms with van der Waals surface area (Å²) < 4.78 is 12.9. The van der Waals surface area contributed by atoms with Crippen molar-refractivity contribution in [1.82, 2.24) is 15.3 Å². The Morgan fingerprint density at radius 3 is 2.64 bits per heavy atom. The Hall–Kier alpha value is -3.28. The summed E-state index contributed by atoms with van der Waals surface area (Å²) in [7, 11) is 0. The molecule has 5 nitrogen and oxygen atoms in total. The molecule has 0 saturated carbocycles. The van der Waals surface area contributed by atoms with Gasteiger partial charge in [-0.2, -0.15) is 0 Å². The van der Waals surface area contributed by atoms with Crippen molar-refractivity contribution in [3.63, 3.8) is 0 Å². The van der Waals surface area contributed by atoms with Gasteiger partial charge in [0.25, 0.3) is 5.91 Å². The van der Waals surface area contributed by atoms with Crippen molar-refractivity contribution in [1.29, 1.82) is 0 Å². The Balaban J connectivity index is 1.65. The van der Waals surface area contributed by atoms with Gasteiger partial charge in [0.15, 0.2) is 0 Å². The molecule has 0 radical (unpaired) electrons. The lowest BCUT2D eigenvalue weighted by atomic mass is 10.1. The van der Waals surface area contributed by atoms with Crippen molar-refractivity contribution in [3.05, 3.63) is 83.6 Å². The number of hydrogen-bond donors (Lipinski definition) is 2. The molecule has 2 aromatic carbocycles. The number of nitrogens with zero attached hydrogens (tertiary/aromatic N) is 2. The Bertz CT molecular complexity index is 881. The third kappa shape index (κ3) is 4.60. The lowest BCUT2D eigenvalue weighted by Gasteiger charge is -2.08. The smallest absolute Gasteiger partial charge is 0.270 e. The van der Waals surface area contributed by atoms with Crippen LogP contribution < -0.4 is 10.6 Å². The number of aromatic nitrogens is 2. The van der Waals surface area contributed by atoms with Crippen molar-refractivity contribution in [2.45, 2.75) is 13.5 Å². The van der Waals surface area contributed by atoms with Crippen molar-refractivity contribution >= 4 is 17.4 Å². The van der Waals surface area contributed by atoms with Gasteiger partial charge in [0.05, 0.1) is 0 Å². The van der Waals surface area contributed by atoms with E-state index in [0.717, 1.165) is 11.1 Å². The Labute approximate surface area is 145 Å². The van der Waals surface area contributed by atoms with E-state index in [4.69, 9.17) is 0 Å². The summed E-state index contributed by atoms with van der Waals surface area (Å²) in [5.41, 5.74) is 3.09. The molecule has 0 bridgehead atoms. The molecule has 126 valence electrons. The normalized spacial score (nSPS) is 10.3. The zero-order valence-corrected chi connectivity index (χ0v) is 13.7. The highest BCUT2D eigenvalue weighted by Gasteiger charge is 2.09. The zero-order chi connectivity index (χ0) is 17.6. The van der Waals surface area contributed by atoms with Crippen LogP contribution in [0, 0.1) is 12.7 Å². The highest BCUT2D eigenvalue weighted by molar-refractivity contribution is 5.92.